The first kappa shape index (κ1) is 8.23. The van der Waals surface area contributed by atoms with E-state index in [0.29, 0.717) is 0 Å². The Morgan fingerprint density at radius 2 is 1.88 bits per heavy atom. The van der Waals surface area contributed by atoms with Crippen LogP contribution in [0.15, 0.2) is 0 Å². The quantitative estimate of drug-likeness (QED) is 0.622. The molecular weight excluding hydrogens is 189 g/mol. The predicted octanol–water partition coefficient (Wildman–Crippen LogP) is 1.30. The molecule has 0 spiro atoms. The second kappa shape index (κ2) is 2.68. The summed E-state index contributed by atoms with van der Waals surface area (Å²) in [5.74, 6) is 0. The van der Waals surface area contributed by atoms with Gasteiger partial charge in [0, 0.05) is 0 Å². The number of halogens is 4. The monoisotopic (exact) mass is 192 g/mol. The zero-order valence-corrected chi connectivity index (χ0v) is 5.33. The van der Waals surface area contributed by atoms with E-state index in [1.54, 1.807) is 0 Å². The summed E-state index contributed by atoms with van der Waals surface area (Å²) in [6, 6.07) is 0. The number of aliphatic hydroxyl groups excluding tert-OH is 1. The third-order valence-electron chi connectivity index (χ3n) is 0.515. The van der Waals surface area contributed by atoms with E-state index in [0.717, 1.165) is 0 Å². The summed E-state index contributed by atoms with van der Waals surface area (Å²) < 4.78 is 33.7. The van der Waals surface area contributed by atoms with E-state index in [1.165, 1.54) is 0 Å². The van der Waals surface area contributed by atoms with Gasteiger partial charge in [-0.1, -0.05) is 15.9 Å². The Morgan fingerprint density at radius 1 is 1.50 bits per heavy atom. The number of hydrogen-bond donors (Lipinski definition) is 1. The third-order valence-corrected chi connectivity index (χ3v) is 1.32. The molecule has 0 saturated carbocycles. The molecule has 0 aromatic heterocycles. The summed E-state index contributed by atoms with van der Waals surface area (Å²) in [5, 5.41) is 7.90. The van der Waals surface area contributed by atoms with Gasteiger partial charge in [-0.05, 0) is 0 Å². The number of rotatable bonds is 1. The Morgan fingerprint density at radius 3 is 1.88 bits per heavy atom. The summed E-state index contributed by atoms with van der Waals surface area (Å²) in [5.41, 5.74) is 0. The molecule has 0 amide bonds. The third kappa shape index (κ3) is 2.52. The van der Waals surface area contributed by atoms with E-state index in [2.05, 4.69) is 15.9 Å². The second-order valence-electron chi connectivity index (χ2n) is 1.19. The van der Waals surface area contributed by atoms with Crippen LogP contribution >= 0.6 is 15.9 Å². The summed E-state index contributed by atoms with van der Waals surface area (Å²) in [6.45, 7) is -0.913. The van der Waals surface area contributed by atoms with Crippen molar-refractivity contribution >= 4 is 15.9 Å². The number of alkyl halides is 4. The zero-order chi connectivity index (χ0) is 6.78. The second-order valence-corrected chi connectivity index (χ2v) is 2.30. The highest BCUT2D eigenvalue weighted by Crippen LogP contribution is 2.25. The van der Waals surface area contributed by atoms with Crippen LogP contribution in [0.2, 0.25) is 0 Å². The molecule has 1 atom stereocenters. The highest BCUT2D eigenvalue weighted by molar-refractivity contribution is 9.09. The molecule has 1 nitrogen and oxygen atoms in total. The molecular formula is C3H4BrF3O. The van der Waals surface area contributed by atoms with Crippen molar-refractivity contribution in [3.05, 3.63) is 0 Å². The highest BCUT2D eigenvalue weighted by Gasteiger charge is 2.36. The lowest BCUT2D eigenvalue weighted by Gasteiger charge is -2.09. The smallest absolute Gasteiger partial charge is 0.395 e. The van der Waals surface area contributed by atoms with Crippen molar-refractivity contribution in [1.82, 2.24) is 0 Å². The zero-order valence-electron chi connectivity index (χ0n) is 3.74. The van der Waals surface area contributed by atoms with Crippen molar-refractivity contribution in [3.8, 4) is 0 Å². The molecule has 0 aromatic rings. The van der Waals surface area contributed by atoms with Crippen LogP contribution in [0.3, 0.4) is 0 Å². The van der Waals surface area contributed by atoms with Crippen LogP contribution in [0, 0.1) is 0 Å². The van der Waals surface area contributed by atoms with E-state index < -0.39 is 17.6 Å². The first-order valence-corrected chi connectivity index (χ1v) is 2.71. The molecule has 0 unspecified atom stereocenters. The largest absolute Gasteiger partial charge is 0.403 e. The molecule has 0 rings (SSSR count). The van der Waals surface area contributed by atoms with Crippen molar-refractivity contribution in [2.75, 3.05) is 6.61 Å². The van der Waals surface area contributed by atoms with Gasteiger partial charge < -0.3 is 5.11 Å². The first-order chi connectivity index (χ1) is 3.48. The van der Waals surface area contributed by atoms with Gasteiger partial charge in [0.1, 0.15) is 4.83 Å². The minimum absolute atomic E-state index is 0.913. The van der Waals surface area contributed by atoms with Gasteiger partial charge in [-0.3, -0.25) is 0 Å². The first-order valence-electron chi connectivity index (χ1n) is 1.80. The Balaban J connectivity index is 3.62. The topological polar surface area (TPSA) is 20.2 Å². The van der Waals surface area contributed by atoms with Crippen LogP contribution < -0.4 is 0 Å². The molecule has 8 heavy (non-hydrogen) atoms. The van der Waals surface area contributed by atoms with Gasteiger partial charge in [-0.2, -0.15) is 13.2 Å². The lowest BCUT2D eigenvalue weighted by atomic mass is 10.4. The van der Waals surface area contributed by atoms with E-state index >= 15 is 0 Å². The maximum absolute atomic E-state index is 11.2. The Labute approximate surface area is 52.6 Å². The molecule has 0 radical (unpaired) electrons. The summed E-state index contributed by atoms with van der Waals surface area (Å²) in [6.07, 6.45) is -4.32. The van der Waals surface area contributed by atoms with E-state index in [1.807, 2.05) is 0 Å². The summed E-state index contributed by atoms with van der Waals surface area (Å²) in [7, 11) is 0. The van der Waals surface area contributed by atoms with Crippen molar-refractivity contribution in [2.45, 2.75) is 11.0 Å². The molecule has 0 saturated heterocycles. The molecule has 0 aliphatic heterocycles. The van der Waals surface area contributed by atoms with Gasteiger partial charge in [0.2, 0.25) is 0 Å². The van der Waals surface area contributed by atoms with Crippen LogP contribution in [0.25, 0.3) is 0 Å². The van der Waals surface area contributed by atoms with Crippen molar-refractivity contribution < 1.29 is 18.3 Å². The molecule has 0 aliphatic carbocycles. The highest BCUT2D eigenvalue weighted by atomic mass is 79.9. The minimum atomic E-state index is -4.32. The fourth-order valence-electron chi connectivity index (χ4n) is 0.104. The summed E-state index contributed by atoms with van der Waals surface area (Å²) in [4.78, 5) is -1.78. The molecule has 0 fully saturated rings. The Kier molecular flexibility index (Phi) is 2.76. The fourth-order valence-corrected chi connectivity index (χ4v) is 0.104. The predicted molar refractivity (Wildman–Crippen MR) is 25.9 cm³/mol. The normalized spacial score (nSPS) is 16.1. The van der Waals surface area contributed by atoms with Crippen molar-refractivity contribution in [1.29, 1.82) is 0 Å². The average Bonchev–Trinajstić information content (AvgIpc) is 1.62. The average molecular weight is 193 g/mol. The summed E-state index contributed by atoms with van der Waals surface area (Å²) >= 11 is 2.22. The van der Waals surface area contributed by atoms with E-state index in [9.17, 15) is 13.2 Å². The van der Waals surface area contributed by atoms with Crippen molar-refractivity contribution in [2.24, 2.45) is 0 Å². The van der Waals surface area contributed by atoms with Crippen LogP contribution in [0.5, 0.6) is 0 Å². The standard InChI is InChI=1S/C3H4BrF3O/c4-2(1-8)3(5,6)7/h2,8H,1H2/t2-/m1/s1. The maximum atomic E-state index is 11.2. The molecule has 0 aromatic carbocycles. The lowest BCUT2D eigenvalue weighted by molar-refractivity contribution is -0.133. The number of aliphatic hydroxyl groups is 1. The van der Waals surface area contributed by atoms with Crippen LogP contribution in [-0.2, 0) is 0 Å². The molecule has 50 valence electrons. The number of hydrogen-bond acceptors (Lipinski definition) is 1. The van der Waals surface area contributed by atoms with Crippen molar-refractivity contribution in [3.63, 3.8) is 0 Å². The van der Waals surface area contributed by atoms with Gasteiger partial charge in [-0.15, -0.1) is 0 Å². The fraction of sp³-hybridized carbons (Fsp3) is 1.00. The SMILES string of the molecule is OC[C@@H](Br)C(F)(F)F. The Bertz CT molecular complexity index is 71.4. The van der Waals surface area contributed by atoms with Gasteiger partial charge >= 0.3 is 6.18 Å². The van der Waals surface area contributed by atoms with E-state index in [-0.39, 0.29) is 0 Å². The lowest BCUT2D eigenvalue weighted by Crippen LogP contribution is -2.25. The van der Waals surface area contributed by atoms with Crippen LogP contribution in [-0.4, -0.2) is 22.7 Å². The molecule has 0 bridgehead atoms. The van der Waals surface area contributed by atoms with Gasteiger partial charge in [0.15, 0.2) is 0 Å². The van der Waals surface area contributed by atoms with Gasteiger partial charge in [0.25, 0.3) is 0 Å². The van der Waals surface area contributed by atoms with Crippen LogP contribution in [0.1, 0.15) is 0 Å². The molecule has 1 N–H and O–H groups in total. The molecule has 0 aliphatic rings. The van der Waals surface area contributed by atoms with E-state index in [4.69, 9.17) is 5.11 Å². The van der Waals surface area contributed by atoms with Gasteiger partial charge in [-0.25, -0.2) is 0 Å². The molecule has 0 heterocycles. The Hall–Kier alpha value is 0.230. The van der Waals surface area contributed by atoms with Crippen LogP contribution in [0.4, 0.5) is 13.2 Å². The molecule has 5 heteroatoms. The minimum Gasteiger partial charge on any atom is -0.395 e. The van der Waals surface area contributed by atoms with Gasteiger partial charge in [0.05, 0.1) is 6.61 Å². The maximum Gasteiger partial charge on any atom is 0.403 e.